The Morgan fingerprint density at radius 3 is 2.87 bits per heavy atom. The molecule has 0 unspecified atom stereocenters. The maximum atomic E-state index is 11.9. The number of halogens is 1. The normalized spacial score (nSPS) is 14.6. The topological polar surface area (TPSA) is 59.8 Å². The first-order valence-electron chi connectivity index (χ1n) is 8.49. The van der Waals surface area contributed by atoms with Crippen LogP contribution in [0.3, 0.4) is 0 Å². The Kier molecular flexibility index (Phi) is 6.84. The number of carbonyl (C=O) groups excluding carboxylic acids is 1. The van der Waals surface area contributed by atoms with E-state index in [4.69, 9.17) is 11.6 Å². The van der Waals surface area contributed by atoms with Crippen molar-refractivity contribution in [2.45, 2.75) is 52.5 Å². The van der Waals surface area contributed by atoms with Crippen LogP contribution in [0.1, 0.15) is 46.0 Å². The van der Waals surface area contributed by atoms with Gasteiger partial charge in [0.25, 0.3) is 0 Å². The molecule has 6 heteroatoms. The van der Waals surface area contributed by atoms with Crippen LogP contribution in [0.25, 0.3) is 11.0 Å². The molecular weight excluding hydrogens is 312 g/mol. The summed E-state index contributed by atoms with van der Waals surface area (Å²) in [5.41, 5.74) is 0.845. The summed E-state index contributed by atoms with van der Waals surface area (Å²) in [6.07, 6.45) is 9.05. The van der Waals surface area contributed by atoms with E-state index < -0.39 is 0 Å². The van der Waals surface area contributed by atoms with Crippen LogP contribution in [-0.2, 0) is 11.3 Å². The van der Waals surface area contributed by atoms with E-state index in [9.17, 15) is 4.79 Å². The molecule has 1 aliphatic rings. The van der Waals surface area contributed by atoms with Gasteiger partial charge in [-0.2, -0.15) is 4.98 Å². The molecule has 1 amide bonds. The maximum Gasteiger partial charge on any atom is 0.224 e. The van der Waals surface area contributed by atoms with Crippen LogP contribution >= 0.6 is 11.6 Å². The number of aryl methyl sites for hydroxylation is 1. The van der Waals surface area contributed by atoms with Crippen LogP contribution < -0.4 is 5.32 Å². The molecule has 1 saturated carbocycles. The molecule has 1 N–H and O–H groups in total. The molecule has 0 atom stereocenters. The number of amides is 1. The molecule has 0 radical (unpaired) electrons. The zero-order valence-corrected chi connectivity index (χ0v) is 14.6. The summed E-state index contributed by atoms with van der Waals surface area (Å²) < 4.78 is 2.05. The molecule has 2 heterocycles. The van der Waals surface area contributed by atoms with Crippen LogP contribution in [-0.4, -0.2) is 27.0 Å². The number of hydrogen-bond donors (Lipinski definition) is 1. The fourth-order valence-electron chi connectivity index (χ4n) is 2.92. The summed E-state index contributed by atoms with van der Waals surface area (Å²) in [4.78, 5) is 20.1. The van der Waals surface area contributed by atoms with Crippen LogP contribution in [0, 0.1) is 5.92 Å². The Balaban J connectivity index is 0.000000924. The van der Waals surface area contributed by atoms with Gasteiger partial charge in [0.1, 0.15) is 5.65 Å². The van der Waals surface area contributed by atoms with Crippen molar-refractivity contribution >= 4 is 28.5 Å². The first-order chi connectivity index (χ1) is 11.2. The van der Waals surface area contributed by atoms with Crippen molar-refractivity contribution < 1.29 is 4.79 Å². The highest BCUT2D eigenvalue weighted by atomic mass is 35.5. The Morgan fingerprint density at radius 2 is 2.13 bits per heavy atom. The summed E-state index contributed by atoms with van der Waals surface area (Å²) in [6, 6.07) is 1.97. The van der Waals surface area contributed by atoms with Gasteiger partial charge in [-0.1, -0.05) is 26.7 Å². The van der Waals surface area contributed by atoms with Gasteiger partial charge in [-0.15, -0.1) is 0 Å². The Bertz CT molecular complexity index is 635. The molecular formula is C17H25ClN4O. The quantitative estimate of drug-likeness (QED) is 0.667. The highest BCUT2D eigenvalue weighted by molar-refractivity contribution is 6.28. The van der Waals surface area contributed by atoms with Gasteiger partial charge in [-0.05, 0) is 36.9 Å². The van der Waals surface area contributed by atoms with E-state index in [0.717, 1.165) is 36.8 Å². The highest BCUT2D eigenvalue weighted by Gasteiger charge is 2.21. The summed E-state index contributed by atoms with van der Waals surface area (Å²) >= 11 is 5.83. The van der Waals surface area contributed by atoms with E-state index in [2.05, 4.69) is 15.3 Å². The predicted octanol–water partition coefficient (Wildman–Crippen LogP) is 3.81. The zero-order valence-electron chi connectivity index (χ0n) is 13.9. The second-order valence-corrected chi connectivity index (χ2v) is 5.89. The van der Waals surface area contributed by atoms with Crippen molar-refractivity contribution in [1.82, 2.24) is 19.9 Å². The van der Waals surface area contributed by atoms with E-state index >= 15 is 0 Å². The third kappa shape index (κ3) is 4.67. The molecule has 1 aliphatic carbocycles. The minimum Gasteiger partial charge on any atom is -0.356 e. The number of hydrogen-bond acceptors (Lipinski definition) is 3. The van der Waals surface area contributed by atoms with Crippen molar-refractivity contribution in [2.75, 3.05) is 6.54 Å². The maximum absolute atomic E-state index is 11.9. The molecule has 2 aromatic rings. The van der Waals surface area contributed by atoms with Gasteiger partial charge in [0.2, 0.25) is 11.2 Å². The molecule has 3 rings (SSSR count). The van der Waals surface area contributed by atoms with E-state index in [1.807, 2.05) is 30.7 Å². The van der Waals surface area contributed by atoms with Crippen LogP contribution in [0.2, 0.25) is 5.28 Å². The van der Waals surface area contributed by atoms with Gasteiger partial charge in [0.15, 0.2) is 0 Å². The Morgan fingerprint density at radius 1 is 1.39 bits per heavy atom. The smallest absolute Gasteiger partial charge is 0.224 e. The lowest BCUT2D eigenvalue weighted by atomic mass is 10.1. The van der Waals surface area contributed by atoms with E-state index in [0.29, 0.717) is 6.54 Å². The Hall–Kier alpha value is -1.62. The van der Waals surface area contributed by atoms with Crippen molar-refractivity contribution in [3.05, 3.63) is 23.7 Å². The largest absolute Gasteiger partial charge is 0.356 e. The van der Waals surface area contributed by atoms with Crippen molar-refractivity contribution in [1.29, 1.82) is 0 Å². The molecule has 0 aromatic carbocycles. The molecule has 0 spiro atoms. The lowest BCUT2D eigenvalue weighted by Crippen LogP contribution is -2.30. The molecule has 23 heavy (non-hydrogen) atoms. The number of fused-ring (bicyclic) bond motifs is 1. The van der Waals surface area contributed by atoms with Gasteiger partial charge in [-0.3, -0.25) is 4.79 Å². The van der Waals surface area contributed by atoms with Crippen LogP contribution in [0.5, 0.6) is 0 Å². The number of nitrogens with one attached hydrogen (secondary N) is 1. The van der Waals surface area contributed by atoms with Gasteiger partial charge in [0.05, 0.1) is 0 Å². The summed E-state index contributed by atoms with van der Waals surface area (Å²) in [6.45, 7) is 5.51. The lowest BCUT2D eigenvalue weighted by Gasteiger charge is -2.10. The van der Waals surface area contributed by atoms with E-state index in [1.54, 1.807) is 6.20 Å². The molecule has 2 aromatic heterocycles. The van der Waals surface area contributed by atoms with Crippen LogP contribution in [0.15, 0.2) is 18.5 Å². The van der Waals surface area contributed by atoms with Crippen molar-refractivity contribution in [2.24, 2.45) is 5.92 Å². The zero-order chi connectivity index (χ0) is 16.7. The van der Waals surface area contributed by atoms with Crippen molar-refractivity contribution in [3.8, 4) is 0 Å². The first-order valence-corrected chi connectivity index (χ1v) is 8.87. The third-order valence-corrected chi connectivity index (χ3v) is 4.26. The van der Waals surface area contributed by atoms with Gasteiger partial charge in [0, 0.05) is 36.8 Å². The molecule has 0 saturated heterocycles. The standard InChI is InChI=1S/C15H19ClN4O.C2H6/c16-15-18-10-12-6-9-20(13(12)19-15)8-3-7-17-14(21)11-4-1-2-5-11;1-2/h6,9-11H,1-5,7-8H2,(H,17,21);1-2H3. The second kappa shape index (κ2) is 8.87. The minimum absolute atomic E-state index is 0.218. The van der Waals surface area contributed by atoms with E-state index in [-0.39, 0.29) is 17.1 Å². The molecule has 1 fully saturated rings. The summed E-state index contributed by atoms with van der Waals surface area (Å²) in [5, 5.41) is 4.28. The monoisotopic (exact) mass is 336 g/mol. The summed E-state index contributed by atoms with van der Waals surface area (Å²) in [7, 11) is 0. The third-order valence-electron chi connectivity index (χ3n) is 4.07. The summed E-state index contributed by atoms with van der Waals surface area (Å²) in [5.74, 6) is 0.458. The van der Waals surface area contributed by atoms with Crippen LogP contribution in [0.4, 0.5) is 0 Å². The number of carbonyl (C=O) groups is 1. The fourth-order valence-corrected chi connectivity index (χ4v) is 3.05. The number of nitrogens with zero attached hydrogens (tertiary/aromatic N) is 3. The average molecular weight is 337 g/mol. The number of rotatable bonds is 5. The van der Waals surface area contributed by atoms with E-state index in [1.165, 1.54) is 12.8 Å². The molecule has 5 nitrogen and oxygen atoms in total. The molecule has 0 bridgehead atoms. The predicted molar refractivity (Wildman–Crippen MR) is 93.5 cm³/mol. The average Bonchev–Trinajstić information content (AvgIpc) is 3.23. The first kappa shape index (κ1) is 17.7. The van der Waals surface area contributed by atoms with Gasteiger partial charge < -0.3 is 9.88 Å². The fraction of sp³-hybridized carbons (Fsp3) is 0.588. The van der Waals surface area contributed by atoms with Gasteiger partial charge in [-0.25, -0.2) is 4.98 Å². The number of aromatic nitrogens is 3. The minimum atomic E-state index is 0.218. The molecule has 126 valence electrons. The Labute approximate surface area is 142 Å². The molecule has 0 aliphatic heterocycles. The highest BCUT2D eigenvalue weighted by Crippen LogP contribution is 2.24. The van der Waals surface area contributed by atoms with Gasteiger partial charge >= 0.3 is 0 Å². The SMILES string of the molecule is CC.O=C(NCCCn1ccc2cnc(Cl)nc21)C1CCCC1. The second-order valence-electron chi connectivity index (χ2n) is 5.55. The van der Waals surface area contributed by atoms with Crippen molar-refractivity contribution in [3.63, 3.8) is 0 Å². The lowest BCUT2D eigenvalue weighted by molar-refractivity contribution is -0.124.